The smallest absolute Gasteiger partial charge is 0.295 e. The van der Waals surface area contributed by atoms with Crippen LogP contribution in [0, 0.1) is 18.7 Å². The van der Waals surface area contributed by atoms with Crippen molar-refractivity contribution in [1.29, 1.82) is 0 Å². The number of aryl methyl sites for hydroxylation is 1. The van der Waals surface area contributed by atoms with Gasteiger partial charge < -0.3 is 4.74 Å². The number of Topliss-reactive ketones (excluding diaryl/α,β-unsaturated/α-hetero) is 1. The highest BCUT2D eigenvalue weighted by molar-refractivity contribution is 9.09. The molecular formula is C23H20BrFN2O3. The highest BCUT2D eigenvalue weighted by Crippen LogP contribution is 2.48. The molecule has 3 heterocycles. The van der Waals surface area contributed by atoms with E-state index in [1.54, 1.807) is 18.2 Å². The molecule has 1 fully saturated rings. The summed E-state index contributed by atoms with van der Waals surface area (Å²) in [5.74, 6) is -0.525. The van der Waals surface area contributed by atoms with Crippen LogP contribution < -0.4 is 4.90 Å². The number of aromatic nitrogens is 1. The minimum atomic E-state index is -0.688. The molecule has 1 saturated carbocycles. The molecule has 1 aliphatic carbocycles. The van der Waals surface area contributed by atoms with Gasteiger partial charge in [-0.15, -0.1) is 0 Å². The summed E-state index contributed by atoms with van der Waals surface area (Å²) in [6, 6.07) is 10.6. The Bertz CT molecular complexity index is 1070. The fourth-order valence-corrected chi connectivity index (χ4v) is 5.34. The lowest BCUT2D eigenvalue weighted by atomic mass is 9.77. The number of halogens is 2. The Morgan fingerprint density at radius 1 is 1.13 bits per heavy atom. The van der Waals surface area contributed by atoms with Crippen LogP contribution in [0.5, 0.6) is 0 Å². The summed E-state index contributed by atoms with van der Waals surface area (Å²) in [6.07, 6.45) is 2.01. The zero-order valence-corrected chi connectivity index (χ0v) is 17.9. The van der Waals surface area contributed by atoms with Crippen LogP contribution in [0.3, 0.4) is 0 Å². The molecule has 1 amide bonds. The molecule has 0 radical (unpaired) electrons. The van der Waals surface area contributed by atoms with Crippen LogP contribution in [0.4, 0.5) is 10.2 Å². The van der Waals surface area contributed by atoms with Gasteiger partial charge in [0.15, 0.2) is 11.5 Å². The highest BCUT2D eigenvalue weighted by atomic mass is 79.9. The second-order valence-electron chi connectivity index (χ2n) is 8.05. The van der Waals surface area contributed by atoms with E-state index in [1.807, 2.05) is 19.1 Å². The maximum absolute atomic E-state index is 13.6. The Labute approximate surface area is 182 Å². The minimum absolute atomic E-state index is 0.0526. The SMILES string of the molecule is Cc1cccc(N2C(=O)C3=C(C(=O)C4CC(Br)CCC4O3)C2c2ccc(F)cc2)n1. The number of alkyl halides is 1. The number of carbonyl (C=O) groups excluding carboxylic acids is 2. The molecule has 4 atom stereocenters. The number of benzene rings is 1. The molecule has 3 aliphatic rings. The molecule has 1 aromatic heterocycles. The van der Waals surface area contributed by atoms with Gasteiger partial charge in [0.2, 0.25) is 0 Å². The molecule has 0 N–H and O–H groups in total. The monoisotopic (exact) mass is 470 g/mol. The number of ether oxygens (including phenoxy) is 1. The van der Waals surface area contributed by atoms with Gasteiger partial charge in [-0.25, -0.2) is 9.37 Å². The Hall–Kier alpha value is -2.54. The van der Waals surface area contributed by atoms with Crippen LogP contribution in [-0.4, -0.2) is 27.6 Å². The van der Waals surface area contributed by atoms with Gasteiger partial charge in [0.1, 0.15) is 17.7 Å². The number of fused-ring (bicyclic) bond motifs is 1. The summed E-state index contributed by atoms with van der Waals surface area (Å²) in [5.41, 5.74) is 1.77. The lowest BCUT2D eigenvalue weighted by Crippen LogP contribution is -2.41. The normalized spacial score (nSPS) is 28.3. The van der Waals surface area contributed by atoms with E-state index in [9.17, 15) is 14.0 Å². The molecule has 30 heavy (non-hydrogen) atoms. The molecule has 4 unspecified atom stereocenters. The second kappa shape index (κ2) is 7.30. The van der Waals surface area contributed by atoms with Gasteiger partial charge >= 0.3 is 0 Å². The number of hydrogen-bond donors (Lipinski definition) is 0. The van der Waals surface area contributed by atoms with Gasteiger partial charge in [-0.3, -0.25) is 14.5 Å². The van der Waals surface area contributed by atoms with Crippen molar-refractivity contribution in [1.82, 2.24) is 4.98 Å². The Kier molecular flexibility index (Phi) is 4.73. The van der Waals surface area contributed by atoms with Crippen LogP contribution in [0.25, 0.3) is 0 Å². The Morgan fingerprint density at radius 2 is 1.90 bits per heavy atom. The molecule has 2 aliphatic heterocycles. The first-order valence-corrected chi connectivity index (χ1v) is 11.0. The highest BCUT2D eigenvalue weighted by Gasteiger charge is 2.53. The van der Waals surface area contributed by atoms with E-state index < -0.39 is 6.04 Å². The van der Waals surface area contributed by atoms with Gasteiger partial charge in [-0.1, -0.05) is 34.1 Å². The quantitative estimate of drug-likeness (QED) is 0.610. The third-order valence-corrected chi connectivity index (χ3v) is 6.92. The topological polar surface area (TPSA) is 59.5 Å². The first kappa shape index (κ1) is 19.4. The number of rotatable bonds is 2. The fraction of sp³-hybridized carbons (Fsp3) is 0.348. The maximum Gasteiger partial charge on any atom is 0.295 e. The number of pyridine rings is 1. The summed E-state index contributed by atoms with van der Waals surface area (Å²) in [7, 11) is 0. The maximum atomic E-state index is 13.6. The van der Waals surface area contributed by atoms with Crippen molar-refractivity contribution in [2.45, 2.75) is 43.2 Å². The number of hydrogen-bond acceptors (Lipinski definition) is 4. The van der Waals surface area contributed by atoms with E-state index in [0.29, 0.717) is 23.4 Å². The largest absolute Gasteiger partial charge is 0.483 e. The summed E-state index contributed by atoms with van der Waals surface area (Å²) in [5, 5.41) is 0. The molecule has 5 nitrogen and oxygen atoms in total. The molecule has 0 saturated heterocycles. The van der Waals surface area contributed by atoms with E-state index in [-0.39, 0.29) is 40.1 Å². The fourth-order valence-electron chi connectivity index (χ4n) is 4.68. The van der Waals surface area contributed by atoms with E-state index in [4.69, 9.17) is 4.74 Å². The zero-order chi connectivity index (χ0) is 21.0. The van der Waals surface area contributed by atoms with Crippen molar-refractivity contribution >= 4 is 33.4 Å². The van der Waals surface area contributed by atoms with Crippen molar-refractivity contribution in [3.8, 4) is 0 Å². The van der Waals surface area contributed by atoms with Gasteiger partial charge in [0.05, 0.1) is 17.5 Å². The van der Waals surface area contributed by atoms with Crippen molar-refractivity contribution in [3.05, 3.63) is 70.9 Å². The van der Waals surface area contributed by atoms with Crippen LogP contribution >= 0.6 is 15.9 Å². The molecular weight excluding hydrogens is 451 g/mol. The van der Waals surface area contributed by atoms with Crippen LogP contribution in [0.15, 0.2) is 53.8 Å². The molecule has 154 valence electrons. The average Bonchev–Trinajstić information content (AvgIpc) is 3.02. The number of anilines is 1. The van der Waals surface area contributed by atoms with Gasteiger partial charge in [0, 0.05) is 10.5 Å². The first-order chi connectivity index (χ1) is 14.4. The Balaban J connectivity index is 1.65. The predicted molar refractivity (Wildman–Crippen MR) is 113 cm³/mol. The Morgan fingerprint density at radius 3 is 2.63 bits per heavy atom. The summed E-state index contributed by atoms with van der Waals surface area (Å²) < 4.78 is 19.7. The van der Waals surface area contributed by atoms with Crippen molar-refractivity contribution in [2.24, 2.45) is 5.92 Å². The number of nitrogens with zero attached hydrogens (tertiary/aromatic N) is 2. The summed E-state index contributed by atoms with van der Waals surface area (Å²) >= 11 is 3.63. The number of amides is 1. The summed E-state index contributed by atoms with van der Waals surface area (Å²) in [6.45, 7) is 1.84. The van der Waals surface area contributed by atoms with Crippen molar-refractivity contribution in [2.75, 3.05) is 4.90 Å². The molecule has 5 rings (SSSR count). The second-order valence-corrected chi connectivity index (χ2v) is 9.34. The third-order valence-electron chi connectivity index (χ3n) is 6.09. The predicted octanol–water partition coefficient (Wildman–Crippen LogP) is 4.40. The van der Waals surface area contributed by atoms with Crippen molar-refractivity contribution < 1.29 is 18.7 Å². The van der Waals surface area contributed by atoms with Crippen LogP contribution in [0.2, 0.25) is 0 Å². The molecule has 0 bridgehead atoms. The third kappa shape index (κ3) is 3.07. The molecule has 2 aromatic rings. The van der Waals surface area contributed by atoms with Gasteiger partial charge in [-0.2, -0.15) is 0 Å². The first-order valence-electron chi connectivity index (χ1n) is 10.1. The van der Waals surface area contributed by atoms with Crippen LogP contribution in [-0.2, 0) is 14.3 Å². The number of ketones is 1. The number of carbonyl (C=O) groups is 2. The van der Waals surface area contributed by atoms with Gasteiger partial charge in [0.25, 0.3) is 5.91 Å². The van der Waals surface area contributed by atoms with Crippen molar-refractivity contribution in [3.63, 3.8) is 0 Å². The van der Waals surface area contributed by atoms with Crippen LogP contribution in [0.1, 0.15) is 36.6 Å². The molecule has 0 spiro atoms. The van der Waals surface area contributed by atoms with E-state index >= 15 is 0 Å². The van der Waals surface area contributed by atoms with E-state index in [0.717, 1.165) is 18.5 Å². The molecule has 7 heteroatoms. The average molecular weight is 471 g/mol. The zero-order valence-electron chi connectivity index (χ0n) is 16.3. The lowest BCUT2D eigenvalue weighted by molar-refractivity contribution is -0.131. The van der Waals surface area contributed by atoms with E-state index in [2.05, 4.69) is 20.9 Å². The standard InChI is InChI=1S/C23H20BrFN2O3/c1-12-3-2-4-18(26-12)27-20(13-5-8-15(25)9-6-13)19-21(28)16-11-14(24)7-10-17(16)30-22(19)23(27)29/h2-6,8-9,14,16-17,20H,7,10-11H2,1H3. The lowest BCUT2D eigenvalue weighted by Gasteiger charge is -2.37. The summed E-state index contributed by atoms with van der Waals surface area (Å²) in [4.78, 5) is 33.3. The van der Waals surface area contributed by atoms with E-state index in [1.165, 1.54) is 17.0 Å². The van der Waals surface area contributed by atoms with Gasteiger partial charge in [-0.05, 0) is 56.0 Å². The minimum Gasteiger partial charge on any atom is -0.483 e. The molecule has 1 aromatic carbocycles.